The molecule has 0 unspecified atom stereocenters. The molecule has 1 N–H and O–H groups in total. The van der Waals surface area contributed by atoms with Gasteiger partial charge in [-0.3, -0.25) is 14.4 Å². The second-order valence-corrected chi connectivity index (χ2v) is 7.69. The minimum absolute atomic E-state index is 0.370. The molecule has 1 amide bonds. The summed E-state index contributed by atoms with van der Waals surface area (Å²) >= 11 is 9.23. The average Bonchev–Trinajstić information content (AvgIpc) is 2.77. The van der Waals surface area contributed by atoms with E-state index in [-0.39, 0.29) is 12.3 Å². The van der Waals surface area contributed by atoms with Crippen molar-refractivity contribution in [2.75, 3.05) is 6.54 Å². The lowest BCUT2D eigenvalue weighted by Gasteiger charge is -2.18. The van der Waals surface area contributed by atoms with Crippen LogP contribution in [-0.2, 0) is 9.53 Å². The van der Waals surface area contributed by atoms with Crippen molar-refractivity contribution in [3.63, 3.8) is 0 Å². The zero-order chi connectivity index (χ0) is 21.5. The van der Waals surface area contributed by atoms with Crippen LogP contribution in [0.5, 0.6) is 0 Å². The molecule has 1 atom stereocenters. The third-order valence-corrected chi connectivity index (χ3v) is 5.00. The Morgan fingerprint density at radius 3 is 2.13 bits per heavy atom. The van der Waals surface area contributed by atoms with E-state index in [9.17, 15) is 14.4 Å². The first-order valence-corrected chi connectivity index (χ1v) is 10.2. The predicted octanol–water partition coefficient (Wildman–Crippen LogP) is 5.00. The standard InChI is InChI=1S/C23H17BrClNO4/c24-18-10-6-17(7-11-18)23(29)26-14-20(27)30-22(16-8-12-19(25)13-9-16)21(28)15-4-2-1-3-5-15/h1-13,22H,14H2,(H,26,29)/t22-/m1/s1. The number of nitrogens with one attached hydrogen (secondary N) is 1. The molecule has 0 saturated carbocycles. The van der Waals surface area contributed by atoms with Crippen LogP contribution in [0.1, 0.15) is 32.4 Å². The van der Waals surface area contributed by atoms with Gasteiger partial charge in [0.2, 0.25) is 5.78 Å². The van der Waals surface area contributed by atoms with Gasteiger partial charge in [-0.05, 0) is 36.4 Å². The molecule has 0 aliphatic heterocycles. The summed E-state index contributed by atoms with van der Waals surface area (Å²) in [4.78, 5) is 37.5. The van der Waals surface area contributed by atoms with Gasteiger partial charge >= 0.3 is 5.97 Å². The van der Waals surface area contributed by atoms with Crippen LogP contribution in [0.15, 0.2) is 83.3 Å². The normalized spacial score (nSPS) is 11.4. The fourth-order valence-corrected chi connectivity index (χ4v) is 3.08. The molecule has 0 aromatic heterocycles. The molecule has 3 aromatic carbocycles. The highest BCUT2D eigenvalue weighted by Crippen LogP contribution is 2.24. The highest BCUT2D eigenvalue weighted by Gasteiger charge is 2.26. The first-order valence-electron chi connectivity index (χ1n) is 9.02. The van der Waals surface area contributed by atoms with Gasteiger partial charge in [-0.2, -0.15) is 0 Å². The predicted molar refractivity (Wildman–Crippen MR) is 118 cm³/mol. The molecule has 152 valence electrons. The lowest BCUT2D eigenvalue weighted by molar-refractivity contribution is -0.146. The zero-order valence-corrected chi connectivity index (χ0v) is 18.0. The fraction of sp³-hybridized carbons (Fsp3) is 0.0870. The number of carbonyl (C=O) groups excluding carboxylic acids is 3. The Kier molecular flexibility index (Phi) is 7.38. The number of benzene rings is 3. The number of hydrogen-bond acceptors (Lipinski definition) is 4. The number of rotatable bonds is 7. The van der Waals surface area contributed by atoms with E-state index in [4.69, 9.17) is 16.3 Å². The van der Waals surface area contributed by atoms with E-state index in [0.717, 1.165) is 4.47 Å². The monoisotopic (exact) mass is 485 g/mol. The van der Waals surface area contributed by atoms with Crippen molar-refractivity contribution in [3.05, 3.63) is 105 Å². The Morgan fingerprint density at radius 2 is 1.50 bits per heavy atom. The quantitative estimate of drug-likeness (QED) is 0.377. The maximum atomic E-state index is 13.0. The third-order valence-electron chi connectivity index (χ3n) is 4.22. The molecule has 0 fully saturated rings. The second-order valence-electron chi connectivity index (χ2n) is 6.34. The number of ketones is 1. The van der Waals surface area contributed by atoms with Crippen LogP contribution in [0, 0.1) is 0 Å². The number of carbonyl (C=O) groups is 3. The van der Waals surface area contributed by atoms with E-state index in [1.165, 1.54) is 0 Å². The zero-order valence-electron chi connectivity index (χ0n) is 15.7. The molecule has 0 aliphatic rings. The van der Waals surface area contributed by atoms with E-state index >= 15 is 0 Å². The number of halogens is 2. The molecular weight excluding hydrogens is 470 g/mol. The Morgan fingerprint density at radius 1 is 0.867 bits per heavy atom. The van der Waals surface area contributed by atoms with Gasteiger partial charge in [-0.25, -0.2) is 0 Å². The van der Waals surface area contributed by atoms with Crippen molar-refractivity contribution < 1.29 is 19.1 Å². The topological polar surface area (TPSA) is 72.5 Å². The van der Waals surface area contributed by atoms with Crippen LogP contribution >= 0.6 is 27.5 Å². The van der Waals surface area contributed by atoms with Gasteiger partial charge < -0.3 is 10.1 Å². The lowest BCUT2D eigenvalue weighted by Crippen LogP contribution is -2.32. The van der Waals surface area contributed by atoms with E-state index in [0.29, 0.717) is 21.7 Å². The van der Waals surface area contributed by atoms with Gasteiger partial charge in [0.05, 0.1) is 0 Å². The van der Waals surface area contributed by atoms with Gasteiger partial charge in [-0.15, -0.1) is 0 Å². The molecule has 5 nitrogen and oxygen atoms in total. The largest absolute Gasteiger partial charge is 0.448 e. The van der Waals surface area contributed by atoms with Crippen LogP contribution in [0.4, 0.5) is 0 Å². The van der Waals surface area contributed by atoms with Gasteiger partial charge in [-0.1, -0.05) is 70.0 Å². The maximum Gasteiger partial charge on any atom is 0.326 e. The Balaban J connectivity index is 1.71. The number of Topliss-reactive ketones (excluding diaryl/α,β-unsaturated/α-hetero) is 1. The SMILES string of the molecule is O=C(CNC(=O)c1ccc(Br)cc1)O[C@@H](C(=O)c1ccccc1)c1ccc(Cl)cc1. The van der Waals surface area contributed by atoms with Crippen molar-refractivity contribution in [3.8, 4) is 0 Å². The summed E-state index contributed by atoms with van der Waals surface area (Å²) in [6, 6.07) is 21.7. The van der Waals surface area contributed by atoms with Gasteiger partial charge in [0.15, 0.2) is 6.10 Å². The van der Waals surface area contributed by atoms with E-state index in [1.54, 1.807) is 78.9 Å². The van der Waals surface area contributed by atoms with Crippen LogP contribution < -0.4 is 5.32 Å². The highest BCUT2D eigenvalue weighted by molar-refractivity contribution is 9.10. The van der Waals surface area contributed by atoms with Crippen molar-refractivity contribution in [2.45, 2.75) is 6.10 Å². The molecule has 0 saturated heterocycles. The molecule has 30 heavy (non-hydrogen) atoms. The number of amides is 1. The second kappa shape index (κ2) is 10.2. The Labute approximate surface area is 187 Å². The number of esters is 1. The summed E-state index contributed by atoms with van der Waals surface area (Å²) in [5.74, 6) is -1.52. The third kappa shape index (κ3) is 5.78. The average molecular weight is 487 g/mol. The molecule has 0 heterocycles. The van der Waals surface area contributed by atoms with Crippen LogP contribution in [0.25, 0.3) is 0 Å². The Hall–Kier alpha value is -2.96. The van der Waals surface area contributed by atoms with E-state index in [1.807, 2.05) is 0 Å². The van der Waals surface area contributed by atoms with E-state index in [2.05, 4.69) is 21.2 Å². The van der Waals surface area contributed by atoms with Crippen molar-refractivity contribution in [2.24, 2.45) is 0 Å². The maximum absolute atomic E-state index is 13.0. The molecular formula is C23H17BrClNO4. The van der Waals surface area contributed by atoms with Crippen LogP contribution in [0.2, 0.25) is 5.02 Å². The van der Waals surface area contributed by atoms with Crippen LogP contribution in [-0.4, -0.2) is 24.2 Å². The summed E-state index contributed by atoms with van der Waals surface area (Å²) in [6.07, 6.45) is -1.15. The van der Waals surface area contributed by atoms with Crippen molar-refractivity contribution in [1.82, 2.24) is 5.32 Å². The fourth-order valence-electron chi connectivity index (χ4n) is 2.69. The summed E-state index contributed by atoms with van der Waals surface area (Å²) in [7, 11) is 0. The highest BCUT2D eigenvalue weighted by atomic mass is 79.9. The minimum atomic E-state index is -1.15. The smallest absolute Gasteiger partial charge is 0.326 e. The molecule has 0 aliphatic carbocycles. The molecule has 0 bridgehead atoms. The number of ether oxygens (including phenoxy) is 1. The Bertz CT molecular complexity index is 1040. The van der Waals surface area contributed by atoms with Gasteiger partial charge in [0, 0.05) is 26.2 Å². The van der Waals surface area contributed by atoms with Gasteiger partial charge in [0.1, 0.15) is 6.54 Å². The first kappa shape index (κ1) is 21.7. The van der Waals surface area contributed by atoms with Crippen LogP contribution in [0.3, 0.4) is 0 Å². The van der Waals surface area contributed by atoms with Crippen molar-refractivity contribution in [1.29, 1.82) is 0 Å². The summed E-state index contributed by atoms with van der Waals surface area (Å²) in [6.45, 7) is -0.374. The summed E-state index contributed by atoms with van der Waals surface area (Å²) < 4.78 is 6.28. The lowest BCUT2D eigenvalue weighted by atomic mass is 10.00. The summed E-state index contributed by atoms with van der Waals surface area (Å²) in [5, 5.41) is 3.00. The molecule has 7 heteroatoms. The molecule has 0 radical (unpaired) electrons. The molecule has 3 rings (SSSR count). The van der Waals surface area contributed by atoms with Crippen molar-refractivity contribution >= 4 is 45.2 Å². The molecule has 0 spiro atoms. The first-order chi connectivity index (χ1) is 14.4. The summed E-state index contributed by atoms with van der Waals surface area (Å²) in [5.41, 5.74) is 1.30. The number of hydrogen-bond donors (Lipinski definition) is 1. The minimum Gasteiger partial charge on any atom is -0.448 e. The van der Waals surface area contributed by atoms with E-state index < -0.39 is 18.0 Å². The van der Waals surface area contributed by atoms with Gasteiger partial charge in [0.25, 0.3) is 5.91 Å². The molecule has 3 aromatic rings.